The van der Waals surface area contributed by atoms with Crippen LogP contribution in [0.4, 0.5) is 0 Å². The van der Waals surface area contributed by atoms with Gasteiger partial charge in [-0.2, -0.15) is 0 Å². The molecule has 0 saturated carbocycles. The highest BCUT2D eigenvalue weighted by Crippen LogP contribution is 2.24. The van der Waals surface area contributed by atoms with E-state index in [1.165, 1.54) is 0 Å². The second-order valence-electron chi connectivity index (χ2n) is 6.54. The van der Waals surface area contributed by atoms with Gasteiger partial charge < -0.3 is 19.2 Å². The van der Waals surface area contributed by atoms with Crippen molar-refractivity contribution in [2.45, 2.75) is 30.6 Å². The predicted octanol–water partition coefficient (Wildman–Crippen LogP) is 2.17. The lowest BCUT2D eigenvalue weighted by Gasteiger charge is -2.23. The summed E-state index contributed by atoms with van der Waals surface area (Å²) in [6.45, 7) is 1.94. The Bertz CT molecular complexity index is 960. The Morgan fingerprint density at radius 2 is 2.11 bits per heavy atom. The number of fused-ring (bicyclic) bond motifs is 1. The van der Waals surface area contributed by atoms with Gasteiger partial charge in [0.1, 0.15) is 5.52 Å². The molecule has 0 bridgehead atoms. The average molecular weight is 386 g/mol. The fourth-order valence-corrected chi connectivity index (χ4v) is 3.88. The molecule has 9 heteroatoms. The van der Waals surface area contributed by atoms with Gasteiger partial charge in [0.25, 0.3) is 5.91 Å². The van der Waals surface area contributed by atoms with Crippen LogP contribution in [0.5, 0.6) is 0 Å². The number of imidazole rings is 2. The van der Waals surface area contributed by atoms with Crippen molar-refractivity contribution in [2.75, 3.05) is 19.5 Å². The highest BCUT2D eigenvalue weighted by molar-refractivity contribution is 7.98. The van der Waals surface area contributed by atoms with E-state index in [-0.39, 0.29) is 5.91 Å². The maximum absolute atomic E-state index is 12.5. The van der Waals surface area contributed by atoms with E-state index in [9.17, 15) is 4.79 Å². The number of pyridine rings is 1. The van der Waals surface area contributed by atoms with Crippen molar-refractivity contribution in [1.82, 2.24) is 29.4 Å². The number of carbonyl (C=O) groups excluding carboxylic acids is 1. The smallest absolute Gasteiger partial charge is 0.253 e. The first-order valence-corrected chi connectivity index (χ1v) is 10.1. The summed E-state index contributed by atoms with van der Waals surface area (Å²) in [6.07, 6.45) is 9.10. The van der Waals surface area contributed by atoms with E-state index in [2.05, 4.69) is 24.8 Å². The molecule has 0 atom stereocenters. The molecule has 3 aromatic rings. The second kappa shape index (κ2) is 7.69. The Morgan fingerprint density at radius 3 is 2.85 bits per heavy atom. The molecule has 0 spiro atoms. The Balaban J connectivity index is 1.48. The van der Waals surface area contributed by atoms with E-state index in [1.807, 2.05) is 24.2 Å². The first-order chi connectivity index (χ1) is 13.2. The fraction of sp³-hybridized carbons (Fsp3) is 0.444. The molecule has 4 rings (SSSR count). The molecule has 1 N–H and O–H groups in total. The molecule has 142 valence electrons. The molecule has 8 nitrogen and oxygen atoms in total. The van der Waals surface area contributed by atoms with Crippen molar-refractivity contribution >= 4 is 28.8 Å². The van der Waals surface area contributed by atoms with E-state index < -0.39 is 0 Å². The van der Waals surface area contributed by atoms with Crippen LogP contribution >= 0.6 is 11.8 Å². The molecule has 3 aromatic heterocycles. The van der Waals surface area contributed by atoms with Crippen LogP contribution in [-0.4, -0.2) is 49.5 Å². The van der Waals surface area contributed by atoms with Crippen molar-refractivity contribution in [3.8, 4) is 0 Å². The van der Waals surface area contributed by atoms with Gasteiger partial charge in [-0.3, -0.25) is 4.79 Å². The number of hydrogen-bond acceptors (Lipinski definition) is 6. The van der Waals surface area contributed by atoms with Crippen molar-refractivity contribution in [2.24, 2.45) is 7.05 Å². The highest BCUT2D eigenvalue weighted by atomic mass is 32.2. The molecular formula is C18H22N6O2S. The van der Waals surface area contributed by atoms with E-state index >= 15 is 0 Å². The summed E-state index contributed by atoms with van der Waals surface area (Å²) in [5, 5.41) is 3.85. The predicted molar refractivity (Wildman–Crippen MR) is 103 cm³/mol. The Hall–Kier alpha value is -2.39. The van der Waals surface area contributed by atoms with Gasteiger partial charge >= 0.3 is 0 Å². The van der Waals surface area contributed by atoms with Crippen molar-refractivity contribution in [3.05, 3.63) is 36.0 Å². The third-order valence-electron chi connectivity index (χ3n) is 4.91. The summed E-state index contributed by atoms with van der Waals surface area (Å²) in [5.74, 6) is -0.170. The molecule has 0 aromatic carbocycles. The maximum atomic E-state index is 12.5. The van der Waals surface area contributed by atoms with Crippen LogP contribution in [0.3, 0.4) is 0 Å². The third kappa shape index (κ3) is 3.57. The zero-order valence-corrected chi connectivity index (χ0v) is 16.2. The van der Waals surface area contributed by atoms with Crippen LogP contribution in [0.25, 0.3) is 11.2 Å². The molecule has 1 amide bonds. The van der Waals surface area contributed by atoms with Crippen LogP contribution in [0.15, 0.2) is 29.9 Å². The minimum absolute atomic E-state index is 0.170. The van der Waals surface area contributed by atoms with Crippen LogP contribution in [0.1, 0.15) is 34.9 Å². The minimum Gasteiger partial charge on any atom is -0.381 e. The molecule has 1 aliphatic rings. The normalized spacial score (nSPS) is 15.3. The minimum atomic E-state index is -0.170. The van der Waals surface area contributed by atoms with Gasteiger partial charge in [0, 0.05) is 32.5 Å². The Labute approximate surface area is 161 Å². The molecule has 1 fully saturated rings. The van der Waals surface area contributed by atoms with Crippen LogP contribution in [0, 0.1) is 0 Å². The zero-order chi connectivity index (χ0) is 18.8. The molecule has 0 aliphatic carbocycles. The number of rotatable bonds is 5. The molecular weight excluding hydrogens is 364 g/mol. The van der Waals surface area contributed by atoms with Crippen LogP contribution < -0.4 is 5.32 Å². The Morgan fingerprint density at radius 1 is 1.30 bits per heavy atom. The summed E-state index contributed by atoms with van der Waals surface area (Å²) >= 11 is 1.57. The summed E-state index contributed by atoms with van der Waals surface area (Å²) in [7, 11) is 1.94. The number of hydrogen-bond donors (Lipinski definition) is 1. The van der Waals surface area contributed by atoms with Gasteiger partial charge in [0.05, 0.1) is 30.3 Å². The monoisotopic (exact) mass is 386 g/mol. The topological polar surface area (TPSA) is 86.9 Å². The van der Waals surface area contributed by atoms with Gasteiger partial charge in [-0.25, -0.2) is 15.0 Å². The van der Waals surface area contributed by atoms with Gasteiger partial charge in [-0.1, -0.05) is 11.8 Å². The number of nitrogens with one attached hydrogen (secondary N) is 1. The maximum Gasteiger partial charge on any atom is 0.253 e. The molecule has 0 radical (unpaired) electrons. The summed E-state index contributed by atoms with van der Waals surface area (Å²) < 4.78 is 9.50. The third-order valence-corrected chi connectivity index (χ3v) is 5.66. The number of amides is 1. The first kappa shape index (κ1) is 18.0. The zero-order valence-electron chi connectivity index (χ0n) is 15.4. The molecule has 1 saturated heterocycles. The van der Waals surface area contributed by atoms with Crippen LogP contribution in [-0.2, 0) is 18.3 Å². The SMILES string of the molecule is CSc1ncc(CNC(=O)c2cnc3c(c2)ncn3C2CCOCC2)n1C. The van der Waals surface area contributed by atoms with Gasteiger partial charge in [-0.15, -0.1) is 0 Å². The van der Waals surface area contributed by atoms with Gasteiger partial charge in [0.2, 0.25) is 0 Å². The van der Waals surface area contributed by atoms with E-state index in [4.69, 9.17) is 4.74 Å². The molecule has 4 heterocycles. The molecule has 0 unspecified atom stereocenters. The molecule has 1 aliphatic heterocycles. The first-order valence-electron chi connectivity index (χ1n) is 8.90. The van der Waals surface area contributed by atoms with E-state index in [0.29, 0.717) is 18.2 Å². The van der Waals surface area contributed by atoms with E-state index in [0.717, 1.165) is 48.1 Å². The lowest BCUT2D eigenvalue weighted by Crippen LogP contribution is -2.24. The standard InChI is InChI=1S/C18H22N6O2S/c1-23-14(10-21-18(23)27-2)9-20-17(25)12-7-15-16(19-8-12)24(11-22-15)13-3-5-26-6-4-13/h7-8,10-11,13H,3-6,9H2,1-2H3,(H,20,25). The quantitative estimate of drug-likeness (QED) is 0.676. The average Bonchev–Trinajstić information content (AvgIpc) is 3.29. The highest BCUT2D eigenvalue weighted by Gasteiger charge is 2.19. The lowest BCUT2D eigenvalue weighted by atomic mass is 10.1. The fourth-order valence-electron chi connectivity index (χ4n) is 3.33. The number of nitrogens with zero attached hydrogens (tertiary/aromatic N) is 5. The van der Waals surface area contributed by atoms with Crippen molar-refractivity contribution < 1.29 is 9.53 Å². The van der Waals surface area contributed by atoms with Gasteiger partial charge in [-0.05, 0) is 25.2 Å². The largest absolute Gasteiger partial charge is 0.381 e. The van der Waals surface area contributed by atoms with Crippen molar-refractivity contribution in [1.29, 1.82) is 0 Å². The van der Waals surface area contributed by atoms with Crippen molar-refractivity contribution in [3.63, 3.8) is 0 Å². The number of ether oxygens (including phenoxy) is 1. The van der Waals surface area contributed by atoms with Crippen LogP contribution in [0.2, 0.25) is 0 Å². The summed E-state index contributed by atoms with van der Waals surface area (Å²) in [5.41, 5.74) is 3.01. The second-order valence-corrected chi connectivity index (χ2v) is 7.31. The van der Waals surface area contributed by atoms with E-state index in [1.54, 1.807) is 30.2 Å². The number of thioether (sulfide) groups is 1. The summed E-state index contributed by atoms with van der Waals surface area (Å²) in [6, 6.07) is 2.15. The molecule has 27 heavy (non-hydrogen) atoms. The Kier molecular flexibility index (Phi) is 5.13. The number of aromatic nitrogens is 5. The lowest BCUT2D eigenvalue weighted by molar-refractivity contribution is 0.0704. The van der Waals surface area contributed by atoms with Gasteiger partial charge in [0.15, 0.2) is 10.8 Å². The summed E-state index contributed by atoms with van der Waals surface area (Å²) in [4.78, 5) is 25.8. The number of carbonyl (C=O) groups is 1.